The Morgan fingerprint density at radius 2 is 0.741 bits per heavy atom. The van der Waals surface area contributed by atoms with E-state index in [0.29, 0.717) is 22.6 Å². The number of amides is 1. The maximum Gasteiger partial charge on any atom is 3.00 e. The van der Waals surface area contributed by atoms with Gasteiger partial charge in [0.2, 0.25) is 5.91 Å². The summed E-state index contributed by atoms with van der Waals surface area (Å²) < 4.78 is 0. The Morgan fingerprint density at radius 3 is 1.07 bits per heavy atom. The van der Waals surface area contributed by atoms with Gasteiger partial charge in [-0.3, -0.25) is 24.4 Å². The van der Waals surface area contributed by atoms with Crippen molar-refractivity contribution in [3.63, 3.8) is 0 Å². The second-order valence-electron chi connectivity index (χ2n) is 21.9. The van der Waals surface area contributed by atoms with Crippen molar-refractivity contribution in [2.45, 2.75) is 41.5 Å². The molecule has 3 aliphatic heterocycles. The van der Waals surface area contributed by atoms with Gasteiger partial charge in [-0.25, -0.2) is 9.97 Å². The molecule has 4 aromatic carbocycles. The number of aliphatic carboxylic acids is 3. The predicted octanol–water partition coefficient (Wildman–Crippen LogP) is 5.42. The standard InChI is InChI=1S/C66H70N10O7.Cu.Gd/c1-39-31-41(3)61(42(4)32-39)65-53-19-15-49(69-53)63(45-7-11-47(67)12-8-45)50-16-20-54(70-50)66(62-43(5)33-40(2)34-44(62)6)56-22-18-52(72-56)64(51-17-21-55(65)71-51)46-9-13-48(14-10-46)68-57(77)35-73-23-25-74(36-58(78)79)27-29-76(38-60(82)83)30-28-75(26-24-73)37-59(80)81;;/h7-22,31-34H,23-30,35-38H2,1-6H3,(H8,67,68,69,70,71,72,77,78,79,80,81,82,83);;/q;+2;+3/p-5. The number of fused-ring (bicyclic) bond motifs is 8. The minimum atomic E-state index is -1.30. The van der Waals surface area contributed by atoms with Gasteiger partial charge < -0.3 is 50.7 Å². The van der Waals surface area contributed by atoms with Crippen molar-refractivity contribution < 1.29 is 91.5 Å². The number of aromatic nitrogens is 4. The first-order valence-electron chi connectivity index (χ1n) is 27.8. The first-order chi connectivity index (χ1) is 39.8. The van der Waals surface area contributed by atoms with Crippen LogP contribution < -0.4 is 36.3 Å². The van der Waals surface area contributed by atoms with Crippen LogP contribution in [0.15, 0.2) is 97.1 Å². The van der Waals surface area contributed by atoms with Crippen molar-refractivity contribution in [3.05, 3.63) is 153 Å². The van der Waals surface area contributed by atoms with Gasteiger partial charge >= 0.3 is 57.0 Å². The number of hydrogen-bond donors (Lipinski definition) is 2. The van der Waals surface area contributed by atoms with Crippen LogP contribution in [-0.4, -0.2) is 132 Å². The summed E-state index contributed by atoms with van der Waals surface area (Å²) >= 11 is 0. The first-order valence-corrected chi connectivity index (χ1v) is 27.8. The predicted molar refractivity (Wildman–Crippen MR) is 321 cm³/mol. The Kier molecular flexibility index (Phi) is 21.0. The van der Waals surface area contributed by atoms with E-state index < -0.39 is 37.5 Å². The average molecular weight is 1330 g/mol. The molecule has 3 aliphatic rings. The molecule has 1 amide bonds. The van der Waals surface area contributed by atoms with Gasteiger partial charge in [0.05, 0.1) is 47.2 Å². The van der Waals surface area contributed by atoms with Gasteiger partial charge in [0, 0.05) is 83.4 Å². The van der Waals surface area contributed by atoms with Gasteiger partial charge in [-0.1, -0.05) is 83.9 Å². The normalized spacial score (nSPS) is 14.4. The second kappa shape index (κ2) is 27.9. The van der Waals surface area contributed by atoms with Gasteiger partial charge in [-0.15, -0.1) is 22.1 Å². The van der Waals surface area contributed by atoms with E-state index in [9.17, 15) is 34.5 Å². The molecule has 8 bridgehead atoms. The molecule has 7 aromatic rings. The summed E-state index contributed by atoms with van der Waals surface area (Å²) in [5, 5.41) is 38.2. The SMILES string of the molecule is Cc1cc(C)c(-c2c3nc(c(-c4ccc(NC(=O)CN5CCN(CC(=O)[O-])CCN(CC(=O)[O-])CCN(CC(=O)[O-])CC5)cc4)c4ccc([n-]4)c(-c4c(C)cc(C)cc4C)c4nc(c(-c5ccc(N)cc5)c5ccc2[n-]5)C=C4)C=C3)c(C)c1.[Cu+2].[Gd+3]. The van der Waals surface area contributed by atoms with E-state index in [2.05, 4.69) is 95.4 Å². The molecule has 3 N–H and O–H groups in total. The number of carbonyl (C=O) groups excluding carboxylic acids is 4. The number of benzene rings is 4. The first kappa shape index (κ1) is 63.9. The van der Waals surface area contributed by atoms with E-state index in [-0.39, 0.29) is 122 Å². The Morgan fingerprint density at radius 1 is 0.447 bits per heavy atom. The molecule has 0 saturated carbocycles. The maximum atomic E-state index is 14.0. The summed E-state index contributed by atoms with van der Waals surface area (Å²) in [4.78, 5) is 77.7. The summed E-state index contributed by atoms with van der Waals surface area (Å²) in [7, 11) is 0. The zero-order valence-electron chi connectivity index (χ0n) is 48.2. The van der Waals surface area contributed by atoms with Crippen LogP contribution in [0.25, 0.3) is 90.9 Å². The number of carboxylic acid groups (broad SMARTS) is 3. The number of carbonyl (C=O) groups is 4. The third kappa shape index (κ3) is 15.1. The number of nitrogens with zero attached hydrogens (tertiary/aromatic N) is 8. The Balaban J connectivity index is 0.00000470. The second-order valence-corrected chi connectivity index (χ2v) is 21.9. The van der Waals surface area contributed by atoms with E-state index in [1.54, 1.807) is 14.7 Å². The van der Waals surface area contributed by atoms with E-state index in [1.807, 2.05) is 77.7 Å². The summed E-state index contributed by atoms with van der Waals surface area (Å²) in [6.07, 6.45) is 8.18. The molecule has 17 nitrogen and oxygen atoms in total. The van der Waals surface area contributed by atoms with Crippen LogP contribution in [-0.2, 0) is 36.2 Å². The van der Waals surface area contributed by atoms with Gasteiger partial charge in [0.1, 0.15) is 0 Å². The molecule has 0 aliphatic carbocycles. The number of carboxylic acids is 3. The van der Waals surface area contributed by atoms with Crippen molar-refractivity contribution in [2.75, 3.05) is 89.6 Å². The molecule has 2 radical (unpaired) electrons. The van der Waals surface area contributed by atoms with Crippen LogP contribution in [0.2, 0.25) is 0 Å². The molecule has 6 heterocycles. The number of nitrogens with two attached hydrogens (primary N) is 1. The third-order valence-electron chi connectivity index (χ3n) is 15.5. The molecule has 1 saturated heterocycles. The van der Waals surface area contributed by atoms with Crippen molar-refractivity contribution in [1.82, 2.24) is 39.5 Å². The third-order valence-corrected chi connectivity index (χ3v) is 15.5. The van der Waals surface area contributed by atoms with Crippen molar-refractivity contribution in [3.8, 4) is 44.5 Å². The smallest absolute Gasteiger partial charge is 0.657 e. The van der Waals surface area contributed by atoms with Gasteiger partial charge in [-0.2, -0.15) is 0 Å². The fourth-order valence-corrected chi connectivity index (χ4v) is 11.9. The topological polar surface area (TPSA) is 242 Å². The van der Waals surface area contributed by atoms with Gasteiger partial charge in [-0.05, 0) is 157 Å². The van der Waals surface area contributed by atoms with Crippen LogP contribution in [0.1, 0.15) is 56.2 Å². The van der Waals surface area contributed by atoms with Crippen LogP contribution in [0.5, 0.6) is 0 Å². The molecule has 0 unspecified atom stereocenters. The van der Waals surface area contributed by atoms with E-state index in [1.165, 1.54) is 0 Å². The fraction of sp³-hybridized carbons (Fsp3) is 0.273. The minimum absolute atomic E-state index is 0. The van der Waals surface area contributed by atoms with E-state index in [0.717, 1.165) is 112 Å². The van der Waals surface area contributed by atoms with Crippen molar-refractivity contribution >= 4 is 81.6 Å². The molecule has 19 heteroatoms. The number of hydrogen-bond acceptors (Lipinski definition) is 14. The minimum Gasteiger partial charge on any atom is -0.657 e. The van der Waals surface area contributed by atoms with Crippen LogP contribution in [0.4, 0.5) is 11.4 Å². The number of nitrogens with one attached hydrogen (secondary N) is 1. The molecule has 85 heavy (non-hydrogen) atoms. The van der Waals surface area contributed by atoms with Crippen molar-refractivity contribution in [2.24, 2.45) is 0 Å². The number of aryl methyl sites for hydroxylation is 6. The van der Waals surface area contributed by atoms with Crippen LogP contribution in [0.3, 0.4) is 0 Å². The summed E-state index contributed by atoms with van der Waals surface area (Å²) in [5.74, 6) is -4.23. The average Bonchev–Trinajstić information content (AvgIpc) is 2.13. The molecule has 440 valence electrons. The fourth-order valence-electron chi connectivity index (χ4n) is 11.9. The monoisotopic (exact) mass is 1330 g/mol. The number of nitrogen functional groups attached to an aromatic ring is 1. The Labute approximate surface area is 537 Å². The summed E-state index contributed by atoms with van der Waals surface area (Å²) in [6, 6.07) is 32.3. The molecule has 10 rings (SSSR count). The summed E-state index contributed by atoms with van der Waals surface area (Å²) in [6.45, 7) is 13.1. The van der Waals surface area contributed by atoms with E-state index >= 15 is 0 Å². The number of rotatable bonds is 13. The van der Waals surface area contributed by atoms with Crippen molar-refractivity contribution in [1.29, 1.82) is 0 Å². The van der Waals surface area contributed by atoms with Gasteiger partial charge in [0.15, 0.2) is 0 Å². The quantitative estimate of drug-likeness (QED) is 0.108. The molecule has 1 fully saturated rings. The van der Waals surface area contributed by atoms with Crippen LogP contribution in [0, 0.1) is 81.5 Å². The van der Waals surface area contributed by atoms with Crippen LogP contribution >= 0.6 is 0 Å². The molecule has 0 atom stereocenters. The molecule has 3 aromatic heterocycles. The molecular formula is C66H65CuGdN10O7. The van der Waals surface area contributed by atoms with E-state index in [4.69, 9.17) is 25.7 Å². The zero-order chi connectivity index (χ0) is 58.6. The maximum absolute atomic E-state index is 14.0. The largest absolute Gasteiger partial charge is 3.00 e. The Hall–Kier alpha value is -7.16. The molecule has 0 spiro atoms. The van der Waals surface area contributed by atoms with Gasteiger partial charge in [0.25, 0.3) is 0 Å². The summed E-state index contributed by atoms with van der Waals surface area (Å²) in [5.41, 5.74) is 27.0. The Bertz CT molecular complexity index is 3800. The zero-order valence-corrected chi connectivity index (χ0v) is 51.4. The molecular weight excluding hydrogens is 1270 g/mol. The number of anilines is 2.